The van der Waals surface area contributed by atoms with Gasteiger partial charge in [-0.05, 0) is 30.3 Å². The number of aliphatic imine (C=N–C) groups is 1. The smallest absolute Gasteiger partial charge is 0.193 e. The van der Waals surface area contributed by atoms with Crippen LogP contribution in [-0.2, 0) is 19.6 Å². The van der Waals surface area contributed by atoms with Crippen LogP contribution in [0.5, 0.6) is 11.5 Å². The van der Waals surface area contributed by atoms with Crippen LogP contribution in [0.2, 0.25) is 0 Å². The van der Waals surface area contributed by atoms with Crippen molar-refractivity contribution < 1.29 is 9.47 Å². The molecule has 1 heterocycles. The van der Waals surface area contributed by atoms with Crippen LogP contribution in [0.15, 0.2) is 47.5 Å². The average Bonchev–Trinajstić information content (AvgIpc) is 2.82. The molecule has 1 fully saturated rings. The largest absolute Gasteiger partial charge is 0.497 e. The van der Waals surface area contributed by atoms with Crippen LogP contribution in [0.3, 0.4) is 0 Å². The van der Waals surface area contributed by atoms with Gasteiger partial charge in [0.15, 0.2) is 5.96 Å². The number of hydrogen-bond donors (Lipinski definition) is 1. The summed E-state index contributed by atoms with van der Waals surface area (Å²) in [4.78, 5) is 11.4. The molecule has 1 aliphatic heterocycles. The van der Waals surface area contributed by atoms with E-state index in [1.165, 1.54) is 11.1 Å². The maximum atomic E-state index is 5.53. The molecule has 2 aromatic rings. The van der Waals surface area contributed by atoms with E-state index in [1.807, 2.05) is 32.3 Å². The fourth-order valence-corrected chi connectivity index (χ4v) is 3.91. The molecule has 0 spiro atoms. The standard InChI is InChI=1S/C25H37N5O2/c1-26-25(29(3)19-22-10-11-23(31-4)16-24(22)32-5)27-17-20-6-8-21(9-7-20)18-30-14-12-28(2)13-15-30/h6-11,16H,12-15,17-19H2,1-5H3,(H,26,27). The highest BCUT2D eigenvalue weighted by Crippen LogP contribution is 2.25. The molecule has 1 N–H and O–H groups in total. The normalized spacial score (nSPS) is 15.5. The van der Waals surface area contributed by atoms with Gasteiger partial charge in [-0.3, -0.25) is 9.89 Å². The third-order valence-corrected chi connectivity index (χ3v) is 5.95. The number of guanidine groups is 1. The van der Waals surface area contributed by atoms with Crippen molar-refractivity contribution in [1.82, 2.24) is 20.0 Å². The summed E-state index contributed by atoms with van der Waals surface area (Å²) >= 11 is 0. The Bertz CT molecular complexity index is 876. The Balaban J connectivity index is 1.52. The van der Waals surface area contributed by atoms with E-state index in [9.17, 15) is 0 Å². The number of ether oxygens (including phenoxy) is 2. The van der Waals surface area contributed by atoms with Crippen molar-refractivity contribution in [2.24, 2.45) is 4.99 Å². The summed E-state index contributed by atoms with van der Waals surface area (Å²) in [5, 5.41) is 3.47. The SMILES string of the molecule is CN=C(NCc1ccc(CN2CCN(C)CC2)cc1)N(C)Cc1ccc(OC)cc1OC. The number of rotatable bonds is 8. The first-order valence-corrected chi connectivity index (χ1v) is 11.1. The van der Waals surface area contributed by atoms with Crippen molar-refractivity contribution in [1.29, 1.82) is 0 Å². The molecule has 2 aromatic carbocycles. The Morgan fingerprint density at radius 1 is 1.00 bits per heavy atom. The molecular weight excluding hydrogens is 402 g/mol. The van der Waals surface area contributed by atoms with E-state index in [1.54, 1.807) is 14.2 Å². The van der Waals surface area contributed by atoms with E-state index in [0.29, 0.717) is 6.54 Å². The fraction of sp³-hybridized carbons (Fsp3) is 0.480. The van der Waals surface area contributed by atoms with Gasteiger partial charge in [-0.15, -0.1) is 0 Å². The Labute approximate surface area is 192 Å². The predicted molar refractivity (Wildman–Crippen MR) is 130 cm³/mol. The van der Waals surface area contributed by atoms with Gasteiger partial charge in [0.05, 0.1) is 14.2 Å². The van der Waals surface area contributed by atoms with Crippen molar-refractivity contribution in [3.8, 4) is 11.5 Å². The summed E-state index contributed by atoms with van der Waals surface area (Å²) in [6, 6.07) is 14.8. The number of nitrogens with zero attached hydrogens (tertiary/aromatic N) is 4. The lowest BCUT2D eigenvalue weighted by molar-refractivity contribution is 0.148. The van der Waals surface area contributed by atoms with Crippen LogP contribution in [0, 0.1) is 0 Å². The molecule has 1 saturated heterocycles. The molecule has 7 nitrogen and oxygen atoms in total. The topological polar surface area (TPSA) is 52.6 Å². The summed E-state index contributed by atoms with van der Waals surface area (Å²) in [6.07, 6.45) is 0. The zero-order valence-electron chi connectivity index (χ0n) is 20.1. The third-order valence-electron chi connectivity index (χ3n) is 5.95. The molecule has 32 heavy (non-hydrogen) atoms. The monoisotopic (exact) mass is 439 g/mol. The fourth-order valence-electron chi connectivity index (χ4n) is 3.91. The molecule has 0 amide bonds. The number of piperazine rings is 1. The van der Waals surface area contributed by atoms with Crippen LogP contribution in [0.25, 0.3) is 0 Å². The second-order valence-corrected chi connectivity index (χ2v) is 8.33. The van der Waals surface area contributed by atoms with Crippen molar-refractivity contribution in [3.05, 3.63) is 59.2 Å². The number of likely N-dealkylation sites (N-methyl/N-ethyl adjacent to an activating group) is 1. The molecule has 3 rings (SSSR count). The summed E-state index contributed by atoms with van der Waals surface area (Å²) in [7, 11) is 9.36. The van der Waals surface area contributed by atoms with Gasteiger partial charge in [0.2, 0.25) is 0 Å². The molecule has 0 saturated carbocycles. The van der Waals surface area contributed by atoms with Crippen LogP contribution < -0.4 is 14.8 Å². The Morgan fingerprint density at radius 2 is 1.69 bits per heavy atom. The van der Waals surface area contributed by atoms with E-state index in [4.69, 9.17) is 9.47 Å². The minimum absolute atomic E-state index is 0.677. The van der Waals surface area contributed by atoms with E-state index in [0.717, 1.165) is 62.3 Å². The van der Waals surface area contributed by atoms with Gasteiger partial charge in [0, 0.05) is 71.5 Å². The second-order valence-electron chi connectivity index (χ2n) is 8.33. The van der Waals surface area contributed by atoms with E-state index in [-0.39, 0.29) is 0 Å². The molecule has 1 aliphatic rings. The first-order chi connectivity index (χ1) is 15.5. The van der Waals surface area contributed by atoms with E-state index in [2.05, 4.69) is 56.3 Å². The molecular formula is C25H37N5O2. The van der Waals surface area contributed by atoms with Crippen LogP contribution in [-0.4, -0.2) is 82.2 Å². The molecule has 0 aromatic heterocycles. The summed E-state index contributed by atoms with van der Waals surface area (Å²) < 4.78 is 10.8. The second kappa shape index (κ2) is 11.7. The van der Waals surface area contributed by atoms with Gasteiger partial charge < -0.3 is 24.6 Å². The highest BCUT2D eigenvalue weighted by atomic mass is 16.5. The molecule has 174 valence electrons. The third kappa shape index (κ3) is 6.61. The molecule has 0 radical (unpaired) electrons. The molecule has 0 atom stereocenters. The molecule has 0 aliphatic carbocycles. The van der Waals surface area contributed by atoms with E-state index < -0.39 is 0 Å². The Hall–Kier alpha value is -2.77. The Morgan fingerprint density at radius 3 is 2.31 bits per heavy atom. The first-order valence-electron chi connectivity index (χ1n) is 11.1. The van der Waals surface area contributed by atoms with Crippen molar-refractivity contribution in [2.75, 3.05) is 61.5 Å². The molecule has 0 unspecified atom stereocenters. The van der Waals surface area contributed by atoms with Crippen LogP contribution >= 0.6 is 0 Å². The van der Waals surface area contributed by atoms with Gasteiger partial charge in [0.1, 0.15) is 11.5 Å². The quantitative estimate of drug-likeness (QED) is 0.504. The minimum Gasteiger partial charge on any atom is -0.497 e. The summed E-state index contributed by atoms with van der Waals surface area (Å²) in [6.45, 7) is 7.01. The van der Waals surface area contributed by atoms with Gasteiger partial charge in [-0.2, -0.15) is 0 Å². The zero-order valence-corrected chi connectivity index (χ0v) is 20.1. The highest BCUT2D eigenvalue weighted by molar-refractivity contribution is 5.79. The number of hydrogen-bond acceptors (Lipinski definition) is 5. The molecule has 7 heteroatoms. The summed E-state index contributed by atoms with van der Waals surface area (Å²) in [5.41, 5.74) is 3.68. The van der Waals surface area contributed by atoms with Crippen molar-refractivity contribution in [2.45, 2.75) is 19.6 Å². The maximum Gasteiger partial charge on any atom is 0.193 e. The van der Waals surface area contributed by atoms with Gasteiger partial charge in [-0.25, -0.2) is 0 Å². The number of methoxy groups -OCH3 is 2. The predicted octanol–water partition coefficient (Wildman–Crippen LogP) is 2.66. The van der Waals surface area contributed by atoms with Crippen molar-refractivity contribution >= 4 is 5.96 Å². The maximum absolute atomic E-state index is 5.53. The van der Waals surface area contributed by atoms with Gasteiger partial charge in [0.25, 0.3) is 0 Å². The lowest BCUT2D eigenvalue weighted by atomic mass is 10.1. The number of nitrogens with one attached hydrogen (secondary N) is 1. The van der Waals surface area contributed by atoms with Crippen LogP contribution in [0.1, 0.15) is 16.7 Å². The number of benzene rings is 2. The van der Waals surface area contributed by atoms with E-state index >= 15 is 0 Å². The summed E-state index contributed by atoms with van der Waals surface area (Å²) in [5.74, 6) is 2.43. The first kappa shape index (κ1) is 23.9. The van der Waals surface area contributed by atoms with Crippen molar-refractivity contribution in [3.63, 3.8) is 0 Å². The minimum atomic E-state index is 0.677. The van der Waals surface area contributed by atoms with Crippen LogP contribution in [0.4, 0.5) is 0 Å². The highest BCUT2D eigenvalue weighted by Gasteiger charge is 2.14. The zero-order chi connectivity index (χ0) is 22.9. The van der Waals surface area contributed by atoms with Gasteiger partial charge >= 0.3 is 0 Å². The average molecular weight is 440 g/mol. The molecule has 0 bridgehead atoms. The lowest BCUT2D eigenvalue weighted by Gasteiger charge is -2.32. The Kier molecular flexibility index (Phi) is 8.76. The van der Waals surface area contributed by atoms with Gasteiger partial charge in [-0.1, -0.05) is 24.3 Å². The lowest BCUT2D eigenvalue weighted by Crippen LogP contribution is -2.43.